The van der Waals surface area contributed by atoms with Gasteiger partial charge in [0.1, 0.15) is 0 Å². The molecular formula is C8H14N2O4. The van der Waals surface area contributed by atoms with Crippen molar-refractivity contribution in [3.63, 3.8) is 0 Å². The first-order chi connectivity index (χ1) is 6.59. The summed E-state index contributed by atoms with van der Waals surface area (Å²) in [5.74, 6) is -1.34. The molecule has 4 N–H and O–H groups in total. The summed E-state index contributed by atoms with van der Waals surface area (Å²) in [6, 6.07) is -0.216. The van der Waals surface area contributed by atoms with Crippen LogP contribution in [-0.2, 0) is 4.79 Å². The number of nitrogens with one attached hydrogen (secondary N) is 2. The maximum absolute atomic E-state index is 11.0. The van der Waals surface area contributed by atoms with Crippen molar-refractivity contribution in [3.05, 3.63) is 0 Å². The number of urea groups is 1. The summed E-state index contributed by atoms with van der Waals surface area (Å²) in [5, 5.41) is 22.1. The normalized spacial score (nSPS) is 18.1. The van der Waals surface area contributed by atoms with Crippen molar-refractivity contribution in [3.8, 4) is 0 Å². The zero-order chi connectivity index (χ0) is 10.6. The van der Waals surface area contributed by atoms with Crippen molar-refractivity contribution in [1.82, 2.24) is 10.6 Å². The largest absolute Gasteiger partial charge is 0.479 e. The molecular weight excluding hydrogens is 188 g/mol. The summed E-state index contributed by atoms with van der Waals surface area (Å²) in [4.78, 5) is 21.2. The molecule has 0 heterocycles. The van der Waals surface area contributed by atoms with E-state index in [0.717, 1.165) is 19.3 Å². The summed E-state index contributed by atoms with van der Waals surface area (Å²) in [6.45, 7) is -0.270. The monoisotopic (exact) mass is 202 g/mol. The first-order valence-electron chi connectivity index (χ1n) is 4.55. The van der Waals surface area contributed by atoms with Crippen LogP contribution in [0.4, 0.5) is 4.79 Å². The van der Waals surface area contributed by atoms with Crippen LogP contribution in [0.15, 0.2) is 0 Å². The highest BCUT2D eigenvalue weighted by Gasteiger charge is 2.20. The number of rotatable bonds is 4. The summed E-state index contributed by atoms with van der Waals surface area (Å²) in [5.41, 5.74) is 0. The van der Waals surface area contributed by atoms with E-state index < -0.39 is 18.1 Å². The van der Waals surface area contributed by atoms with E-state index in [-0.39, 0.29) is 12.6 Å². The van der Waals surface area contributed by atoms with Gasteiger partial charge in [-0.3, -0.25) is 0 Å². The van der Waals surface area contributed by atoms with Gasteiger partial charge >= 0.3 is 12.0 Å². The standard InChI is InChI=1S/C8H14N2O4/c11-6(7(12)13)4-9-8(14)10-5-2-1-3-5/h5-6,11H,1-4H2,(H,12,13)(H2,9,10,14)/t6-/m0/s1. The fourth-order valence-corrected chi connectivity index (χ4v) is 1.07. The fourth-order valence-electron chi connectivity index (χ4n) is 1.07. The second-order valence-corrected chi connectivity index (χ2v) is 3.34. The molecule has 0 unspecified atom stereocenters. The molecule has 1 rings (SSSR count). The van der Waals surface area contributed by atoms with Crippen LogP contribution in [0.25, 0.3) is 0 Å². The van der Waals surface area contributed by atoms with E-state index in [1.807, 2.05) is 0 Å². The van der Waals surface area contributed by atoms with Crippen LogP contribution < -0.4 is 10.6 Å². The Hall–Kier alpha value is -1.30. The Morgan fingerprint density at radius 3 is 2.50 bits per heavy atom. The molecule has 0 spiro atoms. The Bertz CT molecular complexity index is 227. The molecule has 2 amide bonds. The summed E-state index contributed by atoms with van der Waals surface area (Å²) >= 11 is 0. The highest BCUT2D eigenvalue weighted by atomic mass is 16.4. The van der Waals surface area contributed by atoms with E-state index in [0.29, 0.717) is 0 Å². The van der Waals surface area contributed by atoms with E-state index in [1.54, 1.807) is 0 Å². The third-order valence-corrected chi connectivity index (χ3v) is 2.18. The first-order valence-corrected chi connectivity index (χ1v) is 4.55. The van der Waals surface area contributed by atoms with Crippen LogP contribution in [0.1, 0.15) is 19.3 Å². The van der Waals surface area contributed by atoms with Gasteiger partial charge in [0.15, 0.2) is 6.10 Å². The number of carbonyl (C=O) groups excluding carboxylic acids is 1. The van der Waals surface area contributed by atoms with Gasteiger partial charge < -0.3 is 20.8 Å². The second kappa shape index (κ2) is 4.80. The fraction of sp³-hybridized carbons (Fsp3) is 0.750. The number of aliphatic hydroxyl groups is 1. The van der Waals surface area contributed by atoms with Gasteiger partial charge in [0.05, 0.1) is 6.54 Å². The lowest BCUT2D eigenvalue weighted by Crippen LogP contribution is -2.47. The Kier molecular flexibility index (Phi) is 3.70. The van der Waals surface area contributed by atoms with Gasteiger partial charge in [-0.2, -0.15) is 0 Å². The molecule has 0 saturated heterocycles. The molecule has 1 aliphatic rings. The summed E-state index contributed by atoms with van der Waals surface area (Å²) in [7, 11) is 0. The number of carboxylic acids is 1. The van der Waals surface area contributed by atoms with E-state index in [4.69, 9.17) is 10.2 Å². The van der Waals surface area contributed by atoms with Crippen molar-refractivity contribution >= 4 is 12.0 Å². The Morgan fingerprint density at radius 1 is 1.43 bits per heavy atom. The molecule has 0 aliphatic heterocycles. The maximum atomic E-state index is 11.0. The first kappa shape index (κ1) is 10.8. The molecule has 0 bridgehead atoms. The van der Waals surface area contributed by atoms with Gasteiger partial charge in [0.2, 0.25) is 0 Å². The molecule has 1 aliphatic carbocycles. The molecule has 6 heteroatoms. The van der Waals surface area contributed by atoms with Gasteiger partial charge in [0.25, 0.3) is 0 Å². The van der Waals surface area contributed by atoms with E-state index in [1.165, 1.54) is 0 Å². The lowest BCUT2D eigenvalue weighted by atomic mass is 9.93. The summed E-state index contributed by atoms with van der Waals surface area (Å²) < 4.78 is 0. The van der Waals surface area contributed by atoms with Crippen molar-refractivity contribution in [2.45, 2.75) is 31.4 Å². The third-order valence-electron chi connectivity index (χ3n) is 2.18. The lowest BCUT2D eigenvalue weighted by Gasteiger charge is -2.26. The van der Waals surface area contributed by atoms with Gasteiger partial charge in [0, 0.05) is 6.04 Å². The average Bonchev–Trinajstić information content (AvgIpc) is 2.07. The van der Waals surface area contributed by atoms with Gasteiger partial charge in [-0.25, -0.2) is 9.59 Å². The minimum atomic E-state index is -1.54. The molecule has 0 aromatic rings. The smallest absolute Gasteiger partial charge is 0.334 e. The topological polar surface area (TPSA) is 98.7 Å². The Labute approximate surface area is 81.3 Å². The highest BCUT2D eigenvalue weighted by molar-refractivity contribution is 5.76. The number of amides is 2. The number of aliphatic carboxylic acids is 1. The van der Waals surface area contributed by atoms with Crippen LogP contribution in [0.3, 0.4) is 0 Å². The molecule has 0 radical (unpaired) electrons. The number of aliphatic hydroxyl groups excluding tert-OH is 1. The van der Waals surface area contributed by atoms with Gasteiger partial charge in [-0.15, -0.1) is 0 Å². The third kappa shape index (κ3) is 3.21. The van der Waals surface area contributed by atoms with Gasteiger partial charge in [-0.05, 0) is 19.3 Å². The van der Waals surface area contributed by atoms with E-state index in [9.17, 15) is 9.59 Å². The van der Waals surface area contributed by atoms with Crippen molar-refractivity contribution in [2.75, 3.05) is 6.54 Å². The predicted molar refractivity (Wildman–Crippen MR) is 47.8 cm³/mol. The number of hydrogen-bond acceptors (Lipinski definition) is 3. The van der Waals surface area contributed by atoms with Crippen LogP contribution in [0.5, 0.6) is 0 Å². The molecule has 1 atom stereocenters. The quantitative estimate of drug-likeness (QED) is 0.483. The summed E-state index contributed by atoms with van der Waals surface area (Å²) in [6.07, 6.45) is 1.51. The van der Waals surface area contributed by atoms with Gasteiger partial charge in [-0.1, -0.05) is 0 Å². The SMILES string of the molecule is O=C(NC[C@H](O)C(=O)O)NC1CCC1. The van der Waals surface area contributed by atoms with Crippen molar-refractivity contribution in [1.29, 1.82) is 0 Å². The molecule has 1 fully saturated rings. The zero-order valence-electron chi connectivity index (χ0n) is 7.69. The molecule has 1 saturated carbocycles. The average molecular weight is 202 g/mol. The molecule has 6 nitrogen and oxygen atoms in total. The molecule has 0 aromatic heterocycles. The van der Waals surface area contributed by atoms with Crippen molar-refractivity contribution < 1.29 is 19.8 Å². The van der Waals surface area contributed by atoms with Crippen LogP contribution >= 0.6 is 0 Å². The van der Waals surface area contributed by atoms with Crippen LogP contribution in [0.2, 0.25) is 0 Å². The number of hydrogen-bond donors (Lipinski definition) is 4. The zero-order valence-corrected chi connectivity index (χ0v) is 7.69. The molecule has 0 aromatic carbocycles. The van der Waals surface area contributed by atoms with Crippen LogP contribution in [0, 0.1) is 0 Å². The molecule has 14 heavy (non-hydrogen) atoms. The predicted octanol–water partition coefficient (Wildman–Crippen LogP) is -0.716. The van der Waals surface area contributed by atoms with Crippen molar-refractivity contribution in [2.24, 2.45) is 0 Å². The lowest BCUT2D eigenvalue weighted by molar-refractivity contribution is -0.146. The van der Waals surface area contributed by atoms with E-state index in [2.05, 4.69) is 10.6 Å². The minimum absolute atomic E-state index is 0.206. The number of carbonyl (C=O) groups is 2. The second-order valence-electron chi connectivity index (χ2n) is 3.34. The minimum Gasteiger partial charge on any atom is -0.479 e. The Morgan fingerprint density at radius 2 is 2.07 bits per heavy atom. The van der Waals surface area contributed by atoms with Crippen LogP contribution in [-0.4, -0.2) is 40.9 Å². The maximum Gasteiger partial charge on any atom is 0.334 e. The Balaban J connectivity index is 2.10. The number of carboxylic acid groups (broad SMARTS) is 1. The molecule has 80 valence electrons. The van der Waals surface area contributed by atoms with E-state index >= 15 is 0 Å². The highest BCUT2D eigenvalue weighted by Crippen LogP contribution is 2.17.